The number of hydrogen-bond acceptors (Lipinski definition) is 4. The molecule has 3 aromatic rings. The summed E-state index contributed by atoms with van der Waals surface area (Å²) in [7, 11) is 0. The van der Waals surface area contributed by atoms with Crippen LogP contribution in [0.15, 0.2) is 48.5 Å². The molecule has 0 spiro atoms. The van der Waals surface area contributed by atoms with Gasteiger partial charge in [0.1, 0.15) is 5.82 Å². The maximum Gasteiger partial charge on any atom is 0.290 e. The average Bonchev–Trinajstić information content (AvgIpc) is 3.05. The average molecular weight is 400 g/mol. The quantitative estimate of drug-likeness (QED) is 0.619. The monoisotopic (exact) mass is 399 g/mol. The maximum absolute atomic E-state index is 12.4. The molecule has 0 saturated heterocycles. The van der Waals surface area contributed by atoms with Gasteiger partial charge in [0.05, 0.1) is 5.69 Å². The summed E-state index contributed by atoms with van der Waals surface area (Å²) in [5.41, 5.74) is 9.66. The highest BCUT2D eigenvalue weighted by Crippen LogP contribution is 2.23. The minimum Gasteiger partial charge on any atom is -0.399 e. The van der Waals surface area contributed by atoms with Crippen LogP contribution < -0.4 is 11.1 Å². The van der Waals surface area contributed by atoms with E-state index < -0.39 is 0 Å². The van der Waals surface area contributed by atoms with E-state index in [1.165, 1.54) is 5.56 Å². The molecule has 1 aromatic heterocycles. The number of nitrogen functional groups attached to an aromatic ring is 1. The number of para-hydroxylation sites is 1. The van der Waals surface area contributed by atoms with Gasteiger partial charge in [0, 0.05) is 12.2 Å². The van der Waals surface area contributed by atoms with E-state index in [4.69, 9.17) is 5.73 Å². The summed E-state index contributed by atoms with van der Waals surface area (Å²) < 4.78 is 1.74. The van der Waals surface area contributed by atoms with Crippen molar-refractivity contribution in [1.82, 2.24) is 20.1 Å². The molecule has 3 N–H and O–H groups in total. The van der Waals surface area contributed by atoms with E-state index in [0.717, 1.165) is 23.4 Å². The predicted octanol–water partition coefficient (Wildman–Crippen LogP) is 3.68. The minimum absolute atomic E-state index is 0. The normalized spacial score (nSPS) is 10.6. The predicted molar refractivity (Wildman–Crippen MR) is 114 cm³/mol. The molecule has 148 valence electrons. The molecule has 0 radical (unpaired) electrons. The highest BCUT2D eigenvalue weighted by atomic mass is 35.5. The van der Waals surface area contributed by atoms with E-state index in [2.05, 4.69) is 35.3 Å². The molecule has 0 bridgehead atoms. The Morgan fingerprint density at radius 2 is 1.82 bits per heavy atom. The van der Waals surface area contributed by atoms with Gasteiger partial charge in [-0.2, -0.15) is 0 Å². The highest BCUT2D eigenvalue weighted by molar-refractivity contribution is 5.90. The summed E-state index contributed by atoms with van der Waals surface area (Å²) in [5, 5.41) is 7.32. The molecule has 1 heterocycles. The summed E-state index contributed by atoms with van der Waals surface area (Å²) in [6.07, 6.45) is 0.724. The SMILES string of the molecule is Cc1nc(C(=O)NCCc2ccc(N)cc2)nn1-c1ccccc1C(C)C.Cl. The maximum atomic E-state index is 12.4. The number of nitrogens with zero attached hydrogens (tertiary/aromatic N) is 3. The fraction of sp³-hybridized carbons (Fsp3) is 0.286. The van der Waals surface area contributed by atoms with Crippen LogP contribution in [0.25, 0.3) is 5.69 Å². The Morgan fingerprint density at radius 3 is 2.50 bits per heavy atom. The second kappa shape index (κ2) is 9.37. The second-order valence-electron chi connectivity index (χ2n) is 6.86. The van der Waals surface area contributed by atoms with Crippen molar-refractivity contribution in [2.75, 3.05) is 12.3 Å². The molecule has 0 unspecified atom stereocenters. The summed E-state index contributed by atoms with van der Waals surface area (Å²) in [6, 6.07) is 15.7. The van der Waals surface area contributed by atoms with Crippen molar-refractivity contribution in [3.8, 4) is 5.69 Å². The molecule has 0 atom stereocenters. The first-order chi connectivity index (χ1) is 13.0. The Labute approximate surface area is 171 Å². The highest BCUT2D eigenvalue weighted by Gasteiger charge is 2.17. The molecule has 0 aliphatic carbocycles. The van der Waals surface area contributed by atoms with E-state index in [9.17, 15) is 4.79 Å². The molecule has 6 nitrogen and oxygen atoms in total. The third-order valence-electron chi connectivity index (χ3n) is 4.44. The van der Waals surface area contributed by atoms with Crippen molar-refractivity contribution in [3.63, 3.8) is 0 Å². The topological polar surface area (TPSA) is 85.8 Å². The number of anilines is 1. The Kier molecular flexibility index (Phi) is 7.18. The van der Waals surface area contributed by atoms with Crippen molar-refractivity contribution < 1.29 is 4.79 Å². The van der Waals surface area contributed by atoms with Gasteiger partial charge >= 0.3 is 0 Å². The number of carbonyl (C=O) groups excluding carboxylic acids is 1. The molecule has 0 fully saturated rings. The number of rotatable bonds is 6. The third kappa shape index (κ3) is 4.89. The van der Waals surface area contributed by atoms with Gasteiger partial charge in [-0.1, -0.05) is 44.2 Å². The van der Waals surface area contributed by atoms with Crippen molar-refractivity contribution >= 4 is 24.0 Å². The number of nitrogens with two attached hydrogens (primary N) is 1. The lowest BCUT2D eigenvalue weighted by Crippen LogP contribution is -2.27. The van der Waals surface area contributed by atoms with E-state index in [1.54, 1.807) is 4.68 Å². The molecule has 0 saturated carbocycles. The first-order valence-electron chi connectivity index (χ1n) is 9.11. The number of nitrogens with one attached hydrogen (secondary N) is 1. The van der Waals surface area contributed by atoms with Crippen LogP contribution in [0, 0.1) is 6.92 Å². The van der Waals surface area contributed by atoms with Gasteiger partial charge in [-0.25, -0.2) is 9.67 Å². The molecule has 7 heteroatoms. The summed E-state index contributed by atoms with van der Waals surface area (Å²) in [6.45, 7) is 6.64. The molecule has 1 amide bonds. The van der Waals surface area contributed by atoms with Crippen LogP contribution in [0.1, 0.15) is 47.3 Å². The molecule has 3 rings (SSSR count). The van der Waals surface area contributed by atoms with Crippen LogP contribution in [0.4, 0.5) is 5.69 Å². The molecule has 28 heavy (non-hydrogen) atoms. The largest absolute Gasteiger partial charge is 0.399 e. The lowest BCUT2D eigenvalue weighted by atomic mass is 10.0. The van der Waals surface area contributed by atoms with Gasteiger partial charge < -0.3 is 11.1 Å². The van der Waals surface area contributed by atoms with Gasteiger partial charge in [-0.05, 0) is 48.6 Å². The van der Waals surface area contributed by atoms with Crippen LogP contribution in [0.3, 0.4) is 0 Å². The lowest BCUT2D eigenvalue weighted by Gasteiger charge is -2.12. The number of aromatic nitrogens is 3. The van der Waals surface area contributed by atoms with Gasteiger partial charge in [0.15, 0.2) is 0 Å². The van der Waals surface area contributed by atoms with E-state index in [-0.39, 0.29) is 24.1 Å². The van der Waals surface area contributed by atoms with Crippen molar-refractivity contribution in [3.05, 3.63) is 71.3 Å². The minimum atomic E-state index is -0.269. The second-order valence-corrected chi connectivity index (χ2v) is 6.86. The van der Waals surface area contributed by atoms with E-state index in [1.807, 2.05) is 49.4 Å². The zero-order chi connectivity index (χ0) is 19.4. The zero-order valence-electron chi connectivity index (χ0n) is 16.3. The van der Waals surface area contributed by atoms with Gasteiger partial charge in [-0.3, -0.25) is 4.79 Å². The van der Waals surface area contributed by atoms with Crippen LogP contribution in [-0.2, 0) is 6.42 Å². The Bertz CT molecular complexity index is 934. The molecule has 2 aromatic carbocycles. The van der Waals surface area contributed by atoms with Gasteiger partial charge in [0.2, 0.25) is 5.82 Å². The number of hydrogen-bond donors (Lipinski definition) is 2. The first-order valence-corrected chi connectivity index (χ1v) is 9.11. The van der Waals surface area contributed by atoms with E-state index in [0.29, 0.717) is 18.3 Å². The first kappa shape index (κ1) is 21.4. The molecular formula is C21H26ClN5O. The Hall–Kier alpha value is -2.86. The van der Waals surface area contributed by atoms with Crippen LogP contribution in [0.2, 0.25) is 0 Å². The fourth-order valence-electron chi connectivity index (χ4n) is 2.97. The van der Waals surface area contributed by atoms with Gasteiger partial charge in [0.25, 0.3) is 5.91 Å². The standard InChI is InChI=1S/C21H25N5O.ClH/c1-14(2)18-6-4-5-7-19(18)26-15(3)24-20(25-26)21(27)23-13-12-16-8-10-17(22)11-9-16;/h4-11,14H,12-13,22H2,1-3H3,(H,23,27);1H. The zero-order valence-corrected chi connectivity index (χ0v) is 17.2. The van der Waals surface area contributed by atoms with E-state index >= 15 is 0 Å². The number of amides is 1. The molecule has 0 aliphatic heterocycles. The number of benzene rings is 2. The molecular weight excluding hydrogens is 374 g/mol. The van der Waals surface area contributed by atoms with Crippen molar-refractivity contribution in [2.45, 2.75) is 33.1 Å². The summed E-state index contributed by atoms with van der Waals surface area (Å²) in [4.78, 5) is 16.8. The number of halogens is 1. The number of carbonyl (C=O) groups is 1. The summed E-state index contributed by atoms with van der Waals surface area (Å²) >= 11 is 0. The van der Waals surface area contributed by atoms with Crippen LogP contribution in [0.5, 0.6) is 0 Å². The third-order valence-corrected chi connectivity index (χ3v) is 4.44. The Morgan fingerprint density at radius 1 is 1.14 bits per heavy atom. The molecule has 0 aliphatic rings. The van der Waals surface area contributed by atoms with Crippen molar-refractivity contribution in [1.29, 1.82) is 0 Å². The van der Waals surface area contributed by atoms with Crippen LogP contribution >= 0.6 is 12.4 Å². The summed E-state index contributed by atoms with van der Waals surface area (Å²) in [5.74, 6) is 0.950. The van der Waals surface area contributed by atoms with Gasteiger partial charge in [-0.15, -0.1) is 17.5 Å². The number of aryl methyl sites for hydroxylation is 1. The van der Waals surface area contributed by atoms with Crippen LogP contribution in [-0.4, -0.2) is 27.2 Å². The Balaban J connectivity index is 0.00000280. The lowest BCUT2D eigenvalue weighted by molar-refractivity contribution is 0.0944. The fourth-order valence-corrected chi connectivity index (χ4v) is 2.97. The van der Waals surface area contributed by atoms with Crippen molar-refractivity contribution in [2.24, 2.45) is 0 Å². The smallest absolute Gasteiger partial charge is 0.290 e.